The minimum atomic E-state index is -0.395. The molecule has 6 heteroatoms. The van der Waals surface area contributed by atoms with E-state index in [0.29, 0.717) is 5.69 Å². The summed E-state index contributed by atoms with van der Waals surface area (Å²) in [4.78, 5) is 15.4. The first-order chi connectivity index (χ1) is 7.66. The molecule has 2 N–H and O–H groups in total. The number of hydrogen-bond donors (Lipinski definition) is 2. The molecule has 1 amide bonds. The van der Waals surface area contributed by atoms with E-state index in [0.717, 1.165) is 0 Å². The van der Waals surface area contributed by atoms with Crippen molar-refractivity contribution >= 4 is 11.6 Å². The summed E-state index contributed by atoms with van der Waals surface area (Å²) in [5, 5.41) is 15.9. The zero-order valence-electron chi connectivity index (χ0n) is 8.58. The lowest BCUT2D eigenvalue weighted by Gasteiger charge is -2.03. The van der Waals surface area contributed by atoms with Crippen LogP contribution >= 0.6 is 0 Å². The minimum absolute atomic E-state index is 0.149. The van der Waals surface area contributed by atoms with Gasteiger partial charge in [-0.15, -0.1) is 0 Å². The van der Waals surface area contributed by atoms with Gasteiger partial charge in [-0.25, -0.2) is 0 Å². The van der Waals surface area contributed by atoms with Gasteiger partial charge in [0.1, 0.15) is 5.75 Å². The first kappa shape index (κ1) is 10.2. The zero-order chi connectivity index (χ0) is 11.5. The highest BCUT2D eigenvalue weighted by Gasteiger charge is 2.11. The van der Waals surface area contributed by atoms with Gasteiger partial charge in [-0.1, -0.05) is 0 Å². The number of anilines is 1. The molecule has 82 valence electrons. The van der Waals surface area contributed by atoms with Gasteiger partial charge < -0.3 is 10.4 Å². The molecule has 0 aliphatic carbocycles. The number of rotatable bonds is 2. The molecule has 0 bridgehead atoms. The molecular weight excluding hydrogens is 208 g/mol. The van der Waals surface area contributed by atoms with E-state index in [4.69, 9.17) is 0 Å². The van der Waals surface area contributed by atoms with Crippen molar-refractivity contribution in [3.8, 4) is 5.75 Å². The van der Waals surface area contributed by atoms with Crippen molar-refractivity contribution in [3.05, 3.63) is 36.4 Å². The van der Waals surface area contributed by atoms with Crippen molar-refractivity contribution in [3.63, 3.8) is 0 Å². The predicted molar refractivity (Wildman–Crippen MR) is 57.1 cm³/mol. The van der Waals surface area contributed by atoms with E-state index < -0.39 is 5.91 Å². The third-order valence-corrected chi connectivity index (χ3v) is 2.01. The highest BCUT2D eigenvalue weighted by molar-refractivity contribution is 6.05. The summed E-state index contributed by atoms with van der Waals surface area (Å²) < 4.78 is 1.57. The molecule has 16 heavy (non-hydrogen) atoms. The molecule has 2 aromatic rings. The van der Waals surface area contributed by atoms with Gasteiger partial charge in [-0.2, -0.15) is 5.10 Å². The average molecular weight is 218 g/mol. The fraction of sp³-hybridized carbons (Fsp3) is 0.100. The minimum Gasteiger partial charge on any atom is -0.505 e. The summed E-state index contributed by atoms with van der Waals surface area (Å²) in [6, 6.07) is 1.45. The SMILES string of the molecule is Cn1cc(NC(=O)c2ccncc2O)cn1. The van der Waals surface area contributed by atoms with Crippen LogP contribution in [0.15, 0.2) is 30.9 Å². The standard InChI is InChI=1S/C10H10N4O2/c1-14-6-7(4-12-14)13-10(16)8-2-3-11-5-9(8)15/h2-6,15H,1H3,(H,13,16). The Hall–Kier alpha value is -2.37. The summed E-state index contributed by atoms with van der Waals surface area (Å²) in [6.07, 6.45) is 5.85. The summed E-state index contributed by atoms with van der Waals surface area (Å²) in [7, 11) is 1.75. The number of aryl methyl sites for hydroxylation is 1. The molecule has 0 aromatic carbocycles. The molecule has 0 fully saturated rings. The van der Waals surface area contributed by atoms with E-state index in [1.54, 1.807) is 17.9 Å². The second-order valence-corrected chi connectivity index (χ2v) is 3.25. The second-order valence-electron chi connectivity index (χ2n) is 3.25. The van der Waals surface area contributed by atoms with Crippen molar-refractivity contribution < 1.29 is 9.90 Å². The Bertz CT molecular complexity index is 521. The fourth-order valence-electron chi connectivity index (χ4n) is 1.26. The fourth-order valence-corrected chi connectivity index (χ4v) is 1.26. The lowest BCUT2D eigenvalue weighted by molar-refractivity contribution is 0.102. The van der Waals surface area contributed by atoms with Crippen molar-refractivity contribution in [2.75, 3.05) is 5.32 Å². The molecule has 0 aliphatic rings. The maximum Gasteiger partial charge on any atom is 0.259 e. The van der Waals surface area contributed by atoms with Crippen LogP contribution in [0.2, 0.25) is 0 Å². The summed E-state index contributed by atoms with van der Waals surface area (Å²) in [5.41, 5.74) is 0.752. The Balaban J connectivity index is 2.18. The number of nitrogens with one attached hydrogen (secondary N) is 1. The zero-order valence-corrected chi connectivity index (χ0v) is 8.58. The molecule has 2 heterocycles. The van der Waals surface area contributed by atoms with Crippen molar-refractivity contribution in [1.82, 2.24) is 14.8 Å². The lowest BCUT2D eigenvalue weighted by Crippen LogP contribution is -2.11. The molecule has 2 aromatic heterocycles. The maximum absolute atomic E-state index is 11.7. The van der Waals surface area contributed by atoms with Crippen LogP contribution in [0.1, 0.15) is 10.4 Å². The molecule has 2 rings (SSSR count). The summed E-state index contributed by atoms with van der Waals surface area (Å²) in [5.74, 6) is -0.545. The molecule has 0 atom stereocenters. The first-order valence-electron chi connectivity index (χ1n) is 4.60. The van der Waals surface area contributed by atoms with Gasteiger partial charge in [-0.3, -0.25) is 14.5 Å². The van der Waals surface area contributed by atoms with Crippen LogP contribution in [0, 0.1) is 0 Å². The Kier molecular flexibility index (Phi) is 2.55. The van der Waals surface area contributed by atoms with E-state index in [2.05, 4.69) is 15.4 Å². The number of nitrogens with zero attached hydrogens (tertiary/aromatic N) is 3. The number of carbonyl (C=O) groups excluding carboxylic acids is 1. The van der Waals surface area contributed by atoms with Crippen LogP contribution in [-0.2, 0) is 7.05 Å². The highest BCUT2D eigenvalue weighted by atomic mass is 16.3. The number of aromatic hydroxyl groups is 1. The van der Waals surface area contributed by atoms with E-state index in [1.807, 2.05) is 0 Å². The van der Waals surface area contributed by atoms with Crippen LogP contribution in [0.25, 0.3) is 0 Å². The summed E-state index contributed by atoms with van der Waals surface area (Å²) in [6.45, 7) is 0. The number of carbonyl (C=O) groups is 1. The van der Waals surface area contributed by atoms with Crippen LogP contribution in [-0.4, -0.2) is 25.8 Å². The molecule has 0 radical (unpaired) electrons. The second kappa shape index (κ2) is 4.01. The largest absolute Gasteiger partial charge is 0.505 e. The molecule has 0 saturated carbocycles. The third kappa shape index (κ3) is 2.00. The number of pyridine rings is 1. The lowest BCUT2D eigenvalue weighted by atomic mass is 10.2. The Morgan fingerprint density at radius 3 is 2.94 bits per heavy atom. The highest BCUT2D eigenvalue weighted by Crippen LogP contribution is 2.15. The van der Waals surface area contributed by atoms with E-state index >= 15 is 0 Å². The van der Waals surface area contributed by atoms with E-state index in [-0.39, 0.29) is 11.3 Å². The Morgan fingerprint density at radius 2 is 2.31 bits per heavy atom. The van der Waals surface area contributed by atoms with Crippen LogP contribution in [0.4, 0.5) is 5.69 Å². The molecule has 6 nitrogen and oxygen atoms in total. The average Bonchev–Trinajstić information content (AvgIpc) is 2.64. The molecule has 0 unspecified atom stereocenters. The predicted octanol–water partition coefficient (Wildman–Crippen LogP) is 0.773. The van der Waals surface area contributed by atoms with Gasteiger partial charge in [0, 0.05) is 19.4 Å². The van der Waals surface area contributed by atoms with Crippen LogP contribution in [0.5, 0.6) is 5.75 Å². The number of hydrogen-bond acceptors (Lipinski definition) is 4. The van der Waals surface area contributed by atoms with Gasteiger partial charge in [0.15, 0.2) is 0 Å². The number of aromatic nitrogens is 3. The third-order valence-electron chi connectivity index (χ3n) is 2.01. The van der Waals surface area contributed by atoms with Crippen molar-refractivity contribution in [1.29, 1.82) is 0 Å². The van der Waals surface area contributed by atoms with Crippen molar-refractivity contribution in [2.24, 2.45) is 7.05 Å². The van der Waals surface area contributed by atoms with Gasteiger partial charge in [-0.05, 0) is 6.07 Å². The first-order valence-corrected chi connectivity index (χ1v) is 4.60. The normalized spacial score (nSPS) is 10.1. The van der Waals surface area contributed by atoms with E-state index in [1.165, 1.54) is 24.7 Å². The maximum atomic E-state index is 11.7. The Morgan fingerprint density at radius 1 is 1.50 bits per heavy atom. The quantitative estimate of drug-likeness (QED) is 0.780. The molecular formula is C10H10N4O2. The van der Waals surface area contributed by atoms with Gasteiger partial charge in [0.25, 0.3) is 5.91 Å². The van der Waals surface area contributed by atoms with Crippen molar-refractivity contribution in [2.45, 2.75) is 0 Å². The van der Waals surface area contributed by atoms with Crippen LogP contribution < -0.4 is 5.32 Å². The Labute approximate surface area is 91.6 Å². The van der Waals surface area contributed by atoms with Gasteiger partial charge in [0.05, 0.1) is 23.6 Å². The number of amides is 1. The van der Waals surface area contributed by atoms with Gasteiger partial charge >= 0.3 is 0 Å². The smallest absolute Gasteiger partial charge is 0.259 e. The van der Waals surface area contributed by atoms with Crippen LogP contribution in [0.3, 0.4) is 0 Å². The topological polar surface area (TPSA) is 80.0 Å². The molecule has 0 aliphatic heterocycles. The molecule has 0 saturated heterocycles. The monoisotopic (exact) mass is 218 g/mol. The van der Waals surface area contributed by atoms with E-state index in [9.17, 15) is 9.90 Å². The van der Waals surface area contributed by atoms with Gasteiger partial charge in [0.2, 0.25) is 0 Å². The summed E-state index contributed by atoms with van der Waals surface area (Å²) >= 11 is 0. The molecule has 0 spiro atoms.